The van der Waals surface area contributed by atoms with Crippen LogP contribution in [0, 0.1) is 0 Å². The van der Waals surface area contributed by atoms with E-state index < -0.39 is 0 Å². The first kappa shape index (κ1) is 21.9. The van der Waals surface area contributed by atoms with Crippen LogP contribution in [0.2, 0.25) is 5.02 Å². The van der Waals surface area contributed by atoms with Gasteiger partial charge in [0.25, 0.3) is 0 Å². The molecule has 0 saturated carbocycles. The van der Waals surface area contributed by atoms with Crippen LogP contribution in [0.4, 0.5) is 5.82 Å². The summed E-state index contributed by atoms with van der Waals surface area (Å²) in [5.74, 6) is 1.28. The molecule has 8 nitrogen and oxygen atoms in total. The van der Waals surface area contributed by atoms with Crippen LogP contribution in [0.1, 0.15) is 45.3 Å². The summed E-state index contributed by atoms with van der Waals surface area (Å²) < 4.78 is 6.48. The molecule has 3 aromatic heterocycles. The fourth-order valence-corrected chi connectivity index (χ4v) is 4.64. The van der Waals surface area contributed by atoms with Gasteiger partial charge >= 0.3 is 0 Å². The number of halogens is 1. The SMILES string of the molecule is CC(Nc1ncnc2nc[nH]c12)c1cc2cccc(Cl)c2c(OC2CCN(C(C)C)CC2)n1. The Morgan fingerprint density at radius 2 is 1.97 bits per heavy atom. The van der Waals surface area contributed by atoms with Gasteiger partial charge in [-0.15, -0.1) is 0 Å². The summed E-state index contributed by atoms with van der Waals surface area (Å²) in [4.78, 5) is 23.3. The molecule has 0 spiro atoms. The van der Waals surface area contributed by atoms with E-state index in [1.807, 2.05) is 25.1 Å². The number of ether oxygens (including phenoxy) is 1. The first-order valence-corrected chi connectivity index (χ1v) is 11.8. The first-order valence-electron chi connectivity index (χ1n) is 11.4. The molecule has 0 aliphatic carbocycles. The molecule has 1 aromatic carbocycles. The number of imidazole rings is 1. The first-order chi connectivity index (χ1) is 16.0. The third kappa shape index (κ3) is 4.45. The molecule has 4 aromatic rings. The summed E-state index contributed by atoms with van der Waals surface area (Å²) in [5, 5.41) is 5.95. The number of benzene rings is 1. The Morgan fingerprint density at radius 1 is 1.15 bits per heavy atom. The molecule has 1 unspecified atom stereocenters. The number of aromatic amines is 1. The number of likely N-dealkylation sites (tertiary alicyclic amines) is 1. The standard InChI is InChI=1S/C24H28ClN7O/c1-14(2)32-9-7-17(8-10-32)33-24-20-16(5-4-6-18(20)25)11-19(31-24)15(3)30-23-21-22(27-12-26-21)28-13-29-23/h4-6,11-15,17H,7-10H2,1-3H3,(H2,26,27,28,29,30). The van der Waals surface area contributed by atoms with Gasteiger partial charge in [0.2, 0.25) is 5.88 Å². The van der Waals surface area contributed by atoms with E-state index in [2.05, 4.69) is 50.1 Å². The van der Waals surface area contributed by atoms with Crippen LogP contribution in [-0.2, 0) is 0 Å². The van der Waals surface area contributed by atoms with Gasteiger partial charge in [-0.1, -0.05) is 23.7 Å². The van der Waals surface area contributed by atoms with Crippen LogP contribution >= 0.6 is 11.6 Å². The highest BCUT2D eigenvalue weighted by Gasteiger charge is 2.24. The smallest absolute Gasteiger partial charge is 0.223 e. The summed E-state index contributed by atoms with van der Waals surface area (Å²) in [5.41, 5.74) is 2.24. The van der Waals surface area contributed by atoms with E-state index >= 15 is 0 Å². The molecule has 1 aliphatic heterocycles. The Balaban J connectivity index is 1.44. The Labute approximate surface area is 197 Å². The molecular formula is C24H28ClN7O. The Bertz CT molecular complexity index is 1270. The molecule has 1 atom stereocenters. The van der Waals surface area contributed by atoms with Gasteiger partial charge in [-0.25, -0.2) is 19.9 Å². The lowest BCUT2D eigenvalue weighted by Gasteiger charge is -2.34. The van der Waals surface area contributed by atoms with E-state index in [1.165, 1.54) is 6.33 Å². The van der Waals surface area contributed by atoms with Crippen molar-refractivity contribution >= 4 is 39.4 Å². The van der Waals surface area contributed by atoms with Crippen molar-refractivity contribution in [2.45, 2.75) is 51.8 Å². The minimum Gasteiger partial charge on any atom is -0.474 e. The molecular weight excluding hydrogens is 438 g/mol. The number of piperidine rings is 1. The van der Waals surface area contributed by atoms with Crippen molar-refractivity contribution in [2.24, 2.45) is 0 Å². The maximum absolute atomic E-state index is 6.59. The van der Waals surface area contributed by atoms with E-state index in [4.69, 9.17) is 21.3 Å². The number of hydrogen-bond acceptors (Lipinski definition) is 7. The quantitative estimate of drug-likeness (QED) is 0.415. The Hall–Kier alpha value is -2.97. The van der Waals surface area contributed by atoms with Crippen LogP contribution in [0.5, 0.6) is 5.88 Å². The van der Waals surface area contributed by atoms with Crippen molar-refractivity contribution < 1.29 is 4.74 Å². The molecule has 9 heteroatoms. The summed E-state index contributed by atoms with van der Waals surface area (Å²) in [6.45, 7) is 8.58. The molecule has 0 bridgehead atoms. The van der Waals surface area contributed by atoms with Crippen molar-refractivity contribution in [1.82, 2.24) is 29.8 Å². The van der Waals surface area contributed by atoms with Gasteiger partial charge < -0.3 is 19.9 Å². The number of nitrogens with one attached hydrogen (secondary N) is 2. The van der Waals surface area contributed by atoms with Crippen molar-refractivity contribution in [3.05, 3.63) is 47.6 Å². The molecule has 5 rings (SSSR count). The normalized spacial score (nSPS) is 16.5. The zero-order valence-corrected chi connectivity index (χ0v) is 19.8. The van der Waals surface area contributed by atoms with Crippen molar-refractivity contribution in [3.8, 4) is 5.88 Å². The highest BCUT2D eigenvalue weighted by atomic mass is 35.5. The zero-order valence-electron chi connectivity index (χ0n) is 19.0. The number of H-pyrrole nitrogens is 1. The number of hydrogen-bond donors (Lipinski definition) is 2. The zero-order chi connectivity index (χ0) is 22.9. The molecule has 0 radical (unpaired) electrons. The minimum absolute atomic E-state index is 0.122. The average Bonchev–Trinajstić information content (AvgIpc) is 3.29. The highest BCUT2D eigenvalue weighted by Crippen LogP contribution is 2.35. The average molecular weight is 466 g/mol. The Morgan fingerprint density at radius 3 is 2.76 bits per heavy atom. The van der Waals surface area contributed by atoms with Crippen LogP contribution in [0.3, 0.4) is 0 Å². The topological polar surface area (TPSA) is 91.9 Å². The van der Waals surface area contributed by atoms with E-state index in [1.54, 1.807) is 6.33 Å². The molecule has 172 valence electrons. The fourth-order valence-electron chi connectivity index (χ4n) is 4.38. The van der Waals surface area contributed by atoms with Crippen LogP contribution in [0.25, 0.3) is 21.9 Å². The second kappa shape index (κ2) is 9.11. The highest BCUT2D eigenvalue weighted by molar-refractivity contribution is 6.36. The van der Waals surface area contributed by atoms with Gasteiger partial charge in [0.05, 0.1) is 28.5 Å². The van der Waals surface area contributed by atoms with Crippen LogP contribution in [-0.4, -0.2) is 55.1 Å². The van der Waals surface area contributed by atoms with E-state index in [0.717, 1.165) is 47.9 Å². The molecule has 33 heavy (non-hydrogen) atoms. The summed E-state index contributed by atoms with van der Waals surface area (Å²) in [6.07, 6.45) is 5.19. The lowest BCUT2D eigenvalue weighted by molar-refractivity contribution is 0.0822. The lowest BCUT2D eigenvalue weighted by atomic mass is 10.1. The number of aromatic nitrogens is 5. The minimum atomic E-state index is -0.125. The maximum Gasteiger partial charge on any atom is 0.223 e. The largest absolute Gasteiger partial charge is 0.474 e. The summed E-state index contributed by atoms with van der Waals surface area (Å²) in [7, 11) is 0. The third-order valence-corrected chi connectivity index (χ3v) is 6.61. The van der Waals surface area contributed by atoms with Gasteiger partial charge in [0, 0.05) is 19.1 Å². The van der Waals surface area contributed by atoms with Gasteiger partial charge in [-0.2, -0.15) is 0 Å². The second-order valence-electron chi connectivity index (χ2n) is 8.83. The molecule has 1 aliphatic rings. The van der Waals surface area contributed by atoms with Gasteiger partial charge in [-0.3, -0.25) is 0 Å². The predicted octanol–water partition coefficient (Wildman–Crippen LogP) is 4.98. The maximum atomic E-state index is 6.59. The monoisotopic (exact) mass is 465 g/mol. The van der Waals surface area contributed by atoms with Crippen molar-refractivity contribution in [3.63, 3.8) is 0 Å². The van der Waals surface area contributed by atoms with E-state index in [9.17, 15) is 0 Å². The number of nitrogens with zero attached hydrogens (tertiary/aromatic N) is 5. The van der Waals surface area contributed by atoms with E-state index in [0.29, 0.717) is 28.4 Å². The second-order valence-corrected chi connectivity index (χ2v) is 9.23. The number of fused-ring (bicyclic) bond motifs is 2. The van der Waals surface area contributed by atoms with E-state index in [-0.39, 0.29) is 12.1 Å². The molecule has 2 N–H and O–H groups in total. The molecule has 1 fully saturated rings. The summed E-state index contributed by atoms with van der Waals surface area (Å²) >= 11 is 6.59. The molecule has 4 heterocycles. The number of anilines is 1. The molecule has 0 amide bonds. The third-order valence-electron chi connectivity index (χ3n) is 6.30. The predicted molar refractivity (Wildman–Crippen MR) is 131 cm³/mol. The van der Waals surface area contributed by atoms with Gasteiger partial charge in [-0.05, 0) is 51.1 Å². The number of rotatable bonds is 6. The van der Waals surface area contributed by atoms with Crippen LogP contribution < -0.4 is 10.1 Å². The van der Waals surface area contributed by atoms with Crippen molar-refractivity contribution in [1.29, 1.82) is 0 Å². The summed E-state index contributed by atoms with van der Waals surface area (Å²) in [6, 6.07) is 8.37. The van der Waals surface area contributed by atoms with Gasteiger partial charge in [0.1, 0.15) is 17.9 Å². The fraction of sp³-hybridized carbons (Fsp3) is 0.417. The van der Waals surface area contributed by atoms with Crippen molar-refractivity contribution in [2.75, 3.05) is 18.4 Å². The molecule has 1 saturated heterocycles. The van der Waals surface area contributed by atoms with Crippen LogP contribution in [0.15, 0.2) is 36.9 Å². The van der Waals surface area contributed by atoms with Gasteiger partial charge in [0.15, 0.2) is 11.5 Å². The Kier molecular flexibility index (Phi) is 6.03. The lowest BCUT2D eigenvalue weighted by Crippen LogP contribution is -2.41. The number of pyridine rings is 1.